The van der Waals surface area contributed by atoms with Gasteiger partial charge < -0.3 is 5.32 Å². The average molecular weight is 285 g/mol. The molecule has 1 aromatic heterocycles. The van der Waals surface area contributed by atoms with Crippen molar-refractivity contribution in [3.8, 4) is 5.69 Å². The molecule has 0 bridgehead atoms. The fourth-order valence-corrected chi connectivity index (χ4v) is 2.19. The molecule has 2 rings (SSSR count). The van der Waals surface area contributed by atoms with Gasteiger partial charge in [0.05, 0.1) is 11.4 Å². The lowest BCUT2D eigenvalue weighted by Crippen LogP contribution is -2.34. The van der Waals surface area contributed by atoms with Crippen molar-refractivity contribution in [2.45, 2.75) is 41.2 Å². The van der Waals surface area contributed by atoms with E-state index < -0.39 is 0 Å². The molecule has 0 unspecified atom stereocenters. The summed E-state index contributed by atoms with van der Waals surface area (Å²) in [6.45, 7) is 10.3. The minimum Gasteiger partial charge on any atom is -0.351 e. The fourth-order valence-electron chi connectivity index (χ4n) is 2.19. The zero-order valence-electron chi connectivity index (χ0n) is 13.4. The highest BCUT2D eigenvalue weighted by atomic mass is 16.2. The number of para-hydroxylation sites is 1. The van der Waals surface area contributed by atoms with Crippen molar-refractivity contribution in [3.63, 3.8) is 0 Å². The molecular formula is C17H23N3O. The van der Waals surface area contributed by atoms with E-state index in [1.165, 1.54) is 0 Å². The van der Waals surface area contributed by atoms with Crippen LogP contribution in [0.25, 0.3) is 5.69 Å². The van der Waals surface area contributed by atoms with Crippen molar-refractivity contribution in [1.82, 2.24) is 15.1 Å². The normalized spacial score (nSPS) is 11.5. The minimum atomic E-state index is -0.378. The third kappa shape index (κ3) is 3.32. The topological polar surface area (TPSA) is 46.9 Å². The number of aryl methyl sites for hydroxylation is 1. The Balaban J connectivity index is 2.23. The Morgan fingerprint density at radius 2 is 1.81 bits per heavy atom. The summed E-state index contributed by atoms with van der Waals surface area (Å²) in [5.41, 5.74) is 3.75. The highest BCUT2D eigenvalue weighted by Gasteiger charge is 2.22. The Kier molecular flexibility index (Phi) is 4.16. The zero-order chi connectivity index (χ0) is 15.6. The Morgan fingerprint density at radius 3 is 2.38 bits per heavy atom. The van der Waals surface area contributed by atoms with Crippen LogP contribution in [0.5, 0.6) is 0 Å². The van der Waals surface area contributed by atoms with Gasteiger partial charge in [0.2, 0.25) is 5.91 Å². The summed E-state index contributed by atoms with van der Waals surface area (Å²) in [5, 5.41) is 7.58. The van der Waals surface area contributed by atoms with Crippen LogP contribution >= 0.6 is 0 Å². The van der Waals surface area contributed by atoms with Crippen LogP contribution in [0.4, 0.5) is 0 Å². The molecule has 0 saturated carbocycles. The number of rotatable bonds is 3. The lowest BCUT2D eigenvalue weighted by Gasteiger charge is -2.17. The maximum Gasteiger partial charge on any atom is 0.225 e. The van der Waals surface area contributed by atoms with Gasteiger partial charge in [-0.3, -0.25) is 4.79 Å². The first-order valence-corrected chi connectivity index (χ1v) is 7.19. The molecule has 0 aliphatic carbocycles. The molecule has 4 nitrogen and oxygen atoms in total. The lowest BCUT2D eigenvalue weighted by molar-refractivity contribution is -0.128. The van der Waals surface area contributed by atoms with Crippen molar-refractivity contribution >= 4 is 5.91 Å². The van der Waals surface area contributed by atoms with E-state index >= 15 is 0 Å². The third-order valence-corrected chi connectivity index (χ3v) is 3.55. The van der Waals surface area contributed by atoms with Crippen molar-refractivity contribution in [1.29, 1.82) is 0 Å². The Labute approximate surface area is 126 Å². The molecule has 0 saturated heterocycles. The fraction of sp³-hybridized carbons (Fsp3) is 0.412. The first-order chi connectivity index (χ1) is 9.80. The number of benzene rings is 1. The van der Waals surface area contributed by atoms with Crippen LogP contribution in [0.1, 0.15) is 37.7 Å². The van der Waals surface area contributed by atoms with Gasteiger partial charge in [0, 0.05) is 23.2 Å². The molecule has 1 heterocycles. The number of nitrogens with zero attached hydrogens (tertiary/aromatic N) is 2. The summed E-state index contributed by atoms with van der Waals surface area (Å²) >= 11 is 0. The quantitative estimate of drug-likeness (QED) is 0.941. The molecule has 21 heavy (non-hydrogen) atoms. The van der Waals surface area contributed by atoms with Crippen LogP contribution < -0.4 is 5.32 Å². The summed E-state index contributed by atoms with van der Waals surface area (Å²) in [4.78, 5) is 12.0. The smallest absolute Gasteiger partial charge is 0.225 e. The van der Waals surface area contributed by atoms with Gasteiger partial charge >= 0.3 is 0 Å². The highest BCUT2D eigenvalue weighted by Crippen LogP contribution is 2.19. The molecular weight excluding hydrogens is 262 g/mol. The number of amides is 1. The van der Waals surface area contributed by atoms with Gasteiger partial charge in [-0.05, 0) is 26.0 Å². The molecule has 1 N–H and O–H groups in total. The zero-order valence-corrected chi connectivity index (χ0v) is 13.4. The van der Waals surface area contributed by atoms with E-state index in [1.807, 2.05) is 69.6 Å². The summed E-state index contributed by atoms with van der Waals surface area (Å²) in [6.07, 6.45) is 0. The SMILES string of the molecule is Cc1nn(-c2ccccc2)c(C)c1CNC(=O)C(C)(C)C. The van der Waals surface area contributed by atoms with E-state index in [0.29, 0.717) is 6.54 Å². The molecule has 1 amide bonds. The Hall–Kier alpha value is -2.10. The average Bonchev–Trinajstić information content (AvgIpc) is 2.71. The van der Waals surface area contributed by atoms with Gasteiger partial charge in [-0.25, -0.2) is 4.68 Å². The Bertz CT molecular complexity index is 636. The summed E-state index contributed by atoms with van der Waals surface area (Å²) < 4.78 is 1.92. The largest absolute Gasteiger partial charge is 0.351 e. The van der Waals surface area contributed by atoms with Crippen LogP contribution in [0.3, 0.4) is 0 Å². The number of nitrogens with one attached hydrogen (secondary N) is 1. The van der Waals surface area contributed by atoms with Crippen molar-refractivity contribution in [2.75, 3.05) is 0 Å². The second-order valence-corrected chi connectivity index (χ2v) is 6.33. The Morgan fingerprint density at radius 1 is 1.19 bits per heavy atom. The van der Waals surface area contributed by atoms with Gasteiger partial charge in [0.15, 0.2) is 0 Å². The van der Waals surface area contributed by atoms with Crippen LogP contribution in [-0.2, 0) is 11.3 Å². The van der Waals surface area contributed by atoms with Crippen LogP contribution in [-0.4, -0.2) is 15.7 Å². The molecule has 0 spiro atoms. The highest BCUT2D eigenvalue weighted by molar-refractivity contribution is 5.81. The maximum absolute atomic E-state index is 12.0. The van der Waals surface area contributed by atoms with Crippen LogP contribution in [0, 0.1) is 19.3 Å². The van der Waals surface area contributed by atoms with Crippen LogP contribution in [0.15, 0.2) is 30.3 Å². The predicted molar refractivity (Wildman–Crippen MR) is 84.3 cm³/mol. The molecule has 1 aromatic carbocycles. The summed E-state index contributed by atoms with van der Waals surface area (Å²) in [7, 11) is 0. The number of carbonyl (C=O) groups is 1. The second kappa shape index (κ2) is 5.72. The van der Waals surface area contributed by atoms with Crippen molar-refractivity contribution in [2.24, 2.45) is 5.41 Å². The monoisotopic (exact) mass is 285 g/mol. The number of aromatic nitrogens is 2. The van der Waals surface area contributed by atoms with Gasteiger partial charge in [-0.1, -0.05) is 39.0 Å². The van der Waals surface area contributed by atoms with Crippen molar-refractivity contribution < 1.29 is 4.79 Å². The number of carbonyl (C=O) groups excluding carboxylic acids is 1. The first kappa shape index (κ1) is 15.3. The van der Waals surface area contributed by atoms with E-state index in [9.17, 15) is 4.79 Å². The van der Waals surface area contributed by atoms with Gasteiger partial charge in [0.1, 0.15) is 0 Å². The van der Waals surface area contributed by atoms with E-state index in [4.69, 9.17) is 0 Å². The van der Waals surface area contributed by atoms with E-state index in [0.717, 1.165) is 22.6 Å². The molecule has 0 fully saturated rings. The van der Waals surface area contributed by atoms with Gasteiger partial charge in [-0.15, -0.1) is 0 Å². The summed E-state index contributed by atoms with van der Waals surface area (Å²) in [6, 6.07) is 10.0. The van der Waals surface area contributed by atoms with Gasteiger partial charge in [-0.2, -0.15) is 5.10 Å². The number of hydrogen-bond donors (Lipinski definition) is 1. The maximum atomic E-state index is 12.0. The van der Waals surface area contributed by atoms with E-state index in [1.54, 1.807) is 0 Å². The molecule has 2 aromatic rings. The third-order valence-electron chi connectivity index (χ3n) is 3.55. The predicted octanol–water partition coefficient (Wildman–Crippen LogP) is 3.15. The molecule has 112 valence electrons. The minimum absolute atomic E-state index is 0.0498. The van der Waals surface area contributed by atoms with Gasteiger partial charge in [0.25, 0.3) is 0 Å². The van der Waals surface area contributed by atoms with Crippen molar-refractivity contribution in [3.05, 3.63) is 47.3 Å². The van der Waals surface area contributed by atoms with E-state index in [2.05, 4.69) is 10.4 Å². The molecule has 4 heteroatoms. The van der Waals surface area contributed by atoms with Crippen LogP contribution in [0.2, 0.25) is 0 Å². The second-order valence-electron chi connectivity index (χ2n) is 6.33. The molecule has 0 atom stereocenters. The first-order valence-electron chi connectivity index (χ1n) is 7.19. The lowest BCUT2D eigenvalue weighted by atomic mass is 9.95. The molecule has 0 aliphatic rings. The standard InChI is InChI=1S/C17H23N3O/c1-12-15(11-18-16(21)17(3,4)5)13(2)20(19-12)14-9-7-6-8-10-14/h6-10H,11H2,1-5H3,(H,18,21). The van der Waals surface area contributed by atoms with E-state index in [-0.39, 0.29) is 11.3 Å². The number of hydrogen-bond acceptors (Lipinski definition) is 2. The molecule has 0 radical (unpaired) electrons. The molecule has 0 aliphatic heterocycles. The summed E-state index contributed by atoms with van der Waals surface area (Å²) in [5.74, 6) is 0.0498.